The largest absolute Gasteiger partial charge is 0.354 e. The van der Waals surface area contributed by atoms with Crippen LogP contribution in [-0.2, 0) is 26.2 Å². The summed E-state index contributed by atoms with van der Waals surface area (Å²) < 4.78 is 26.5. The number of carbonyl (C=O) groups is 2. The van der Waals surface area contributed by atoms with Gasteiger partial charge in [0, 0.05) is 26.1 Å². The highest BCUT2D eigenvalue weighted by molar-refractivity contribution is 7.92. The number of nitrogens with zero attached hydrogens (tertiary/aromatic N) is 2. The molecule has 1 N–H and O–H groups in total. The van der Waals surface area contributed by atoms with Gasteiger partial charge in [0.25, 0.3) is 0 Å². The number of aryl methyl sites for hydroxylation is 3. The zero-order chi connectivity index (χ0) is 27.8. The Kier molecular flexibility index (Phi) is 11.2. The molecule has 0 bridgehead atoms. The number of anilines is 1. The molecule has 0 aliphatic carbocycles. The molecule has 0 spiro atoms. The normalized spacial score (nSPS) is 12.3. The van der Waals surface area contributed by atoms with E-state index in [1.165, 1.54) is 10.6 Å². The van der Waals surface area contributed by atoms with Crippen molar-refractivity contribution >= 4 is 27.5 Å². The van der Waals surface area contributed by atoms with E-state index >= 15 is 0 Å². The van der Waals surface area contributed by atoms with Gasteiger partial charge >= 0.3 is 0 Å². The van der Waals surface area contributed by atoms with Gasteiger partial charge in [-0.25, -0.2) is 8.42 Å². The van der Waals surface area contributed by atoms with E-state index in [-0.39, 0.29) is 24.8 Å². The first kappa shape index (κ1) is 30.4. The topological polar surface area (TPSA) is 86.8 Å². The molecule has 37 heavy (non-hydrogen) atoms. The quantitative estimate of drug-likeness (QED) is 0.406. The maximum Gasteiger partial charge on any atom is 0.242 e. The second kappa shape index (κ2) is 13.6. The Bertz CT molecular complexity index is 1180. The Morgan fingerprint density at radius 3 is 2.22 bits per heavy atom. The monoisotopic (exact) mass is 529 g/mol. The molecule has 0 saturated carbocycles. The second-order valence-corrected chi connectivity index (χ2v) is 12.1. The molecule has 0 saturated heterocycles. The number of carbonyl (C=O) groups excluding carboxylic acids is 2. The SMILES string of the molecule is CC[C@H](C(=O)NCC(C)C)N(Cc1ccccc1C)C(=O)CCCN(c1ccc(C)c(C)c1)S(C)(=O)=O. The fraction of sp³-hybridized carbons (Fsp3) is 0.517. The van der Waals surface area contributed by atoms with Gasteiger partial charge in [0.2, 0.25) is 21.8 Å². The molecule has 2 rings (SSSR count). The van der Waals surface area contributed by atoms with Crippen LogP contribution in [0.3, 0.4) is 0 Å². The van der Waals surface area contributed by atoms with Crippen molar-refractivity contribution in [3.05, 3.63) is 64.7 Å². The van der Waals surface area contributed by atoms with Crippen LogP contribution in [0.2, 0.25) is 0 Å². The maximum atomic E-state index is 13.5. The molecule has 1 atom stereocenters. The summed E-state index contributed by atoms with van der Waals surface area (Å²) in [5.41, 5.74) is 4.72. The summed E-state index contributed by atoms with van der Waals surface area (Å²) in [5, 5.41) is 2.97. The molecule has 0 aliphatic heterocycles. The molecule has 2 aromatic rings. The number of benzene rings is 2. The van der Waals surface area contributed by atoms with Crippen LogP contribution in [0.5, 0.6) is 0 Å². The summed E-state index contributed by atoms with van der Waals surface area (Å²) in [6, 6.07) is 12.8. The Hall–Kier alpha value is -2.87. The lowest BCUT2D eigenvalue weighted by Crippen LogP contribution is -2.49. The predicted octanol–water partition coefficient (Wildman–Crippen LogP) is 4.74. The van der Waals surface area contributed by atoms with Gasteiger partial charge in [0.1, 0.15) is 6.04 Å². The number of amides is 2. The summed E-state index contributed by atoms with van der Waals surface area (Å²) in [4.78, 5) is 28.3. The van der Waals surface area contributed by atoms with Gasteiger partial charge < -0.3 is 10.2 Å². The molecular formula is C29H43N3O4S. The molecular weight excluding hydrogens is 486 g/mol. The number of nitrogens with one attached hydrogen (secondary N) is 1. The Morgan fingerprint density at radius 1 is 0.973 bits per heavy atom. The molecule has 0 heterocycles. The van der Waals surface area contributed by atoms with Crippen molar-refractivity contribution in [3.63, 3.8) is 0 Å². The van der Waals surface area contributed by atoms with Crippen LogP contribution in [0.15, 0.2) is 42.5 Å². The van der Waals surface area contributed by atoms with E-state index in [4.69, 9.17) is 0 Å². The van der Waals surface area contributed by atoms with Crippen LogP contribution in [-0.4, -0.2) is 50.5 Å². The second-order valence-electron chi connectivity index (χ2n) is 10.2. The fourth-order valence-corrected chi connectivity index (χ4v) is 5.15. The van der Waals surface area contributed by atoms with Crippen LogP contribution in [0.25, 0.3) is 0 Å². The highest BCUT2D eigenvalue weighted by Gasteiger charge is 2.29. The molecule has 0 radical (unpaired) electrons. The Morgan fingerprint density at radius 2 is 1.65 bits per heavy atom. The van der Waals surface area contributed by atoms with Crippen LogP contribution >= 0.6 is 0 Å². The van der Waals surface area contributed by atoms with Crippen molar-refractivity contribution in [2.24, 2.45) is 5.92 Å². The number of rotatable bonds is 13. The lowest BCUT2D eigenvalue weighted by atomic mass is 10.0. The third kappa shape index (κ3) is 8.88. The average molecular weight is 530 g/mol. The van der Waals surface area contributed by atoms with Gasteiger partial charge in [-0.3, -0.25) is 13.9 Å². The molecule has 0 fully saturated rings. The van der Waals surface area contributed by atoms with Crippen molar-refractivity contribution in [1.82, 2.24) is 10.2 Å². The van der Waals surface area contributed by atoms with E-state index in [0.29, 0.717) is 37.5 Å². The molecule has 2 amide bonds. The van der Waals surface area contributed by atoms with Gasteiger partial charge in [0.15, 0.2) is 0 Å². The molecule has 204 valence electrons. The maximum absolute atomic E-state index is 13.5. The summed E-state index contributed by atoms with van der Waals surface area (Å²) >= 11 is 0. The van der Waals surface area contributed by atoms with Crippen molar-refractivity contribution < 1.29 is 18.0 Å². The van der Waals surface area contributed by atoms with E-state index in [1.54, 1.807) is 11.0 Å². The third-order valence-corrected chi connectivity index (χ3v) is 7.80. The molecule has 0 unspecified atom stereocenters. The summed E-state index contributed by atoms with van der Waals surface area (Å²) in [6.45, 7) is 12.9. The van der Waals surface area contributed by atoms with Crippen molar-refractivity contribution in [1.29, 1.82) is 0 Å². The van der Waals surface area contributed by atoms with Gasteiger partial charge in [-0.1, -0.05) is 51.1 Å². The van der Waals surface area contributed by atoms with Gasteiger partial charge in [0.05, 0.1) is 11.9 Å². The first-order valence-electron chi connectivity index (χ1n) is 13.0. The zero-order valence-corrected chi connectivity index (χ0v) is 24.2. The van der Waals surface area contributed by atoms with E-state index in [0.717, 1.165) is 22.3 Å². The highest BCUT2D eigenvalue weighted by atomic mass is 32.2. The number of sulfonamides is 1. The van der Waals surface area contributed by atoms with Crippen LogP contribution in [0.1, 0.15) is 62.3 Å². The molecule has 7 nitrogen and oxygen atoms in total. The van der Waals surface area contributed by atoms with E-state index in [1.807, 2.05) is 77.9 Å². The molecule has 8 heteroatoms. The first-order valence-corrected chi connectivity index (χ1v) is 14.9. The minimum absolute atomic E-state index is 0.136. The Balaban J connectivity index is 2.24. The minimum Gasteiger partial charge on any atom is -0.354 e. The standard InChI is InChI=1S/C29H43N3O4S/c1-8-27(29(34)30-19-21(2)3)31(20-25-13-10-9-12-23(25)5)28(33)14-11-17-32(37(7,35)36)26-16-15-22(4)24(6)18-26/h9-10,12-13,15-16,18,21,27H,8,11,14,17,19-20H2,1-7H3,(H,30,34)/t27-/m1/s1. The van der Waals surface area contributed by atoms with Gasteiger partial charge in [-0.15, -0.1) is 0 Å². The van der Waals surface area contributed by atoms with Crippen molar-refractivity contribution in [3.8, 4) is 0 Å². The van der Waals surface area contributed by atoms with E-state index < -0.39 is 16.1 Å². The van der Waals surface area contributed by atoms with E-state index in [9.17, 15) is 18.0 Å². The minimum atomic E-state index is -3.53. The average Bonchev–Trinajstić information content (AvgIpc) is 2.82. The van der Waals surface area contributed by atoms with Crippen LogP contribution < -0.4 is 9.62 Å². The lowest BCUT2D eigenvalue weighted by molar-refractivity contribution is -0.141. The van der Waals surface area contributed by atoms with Gasteiger partial charge in [-0.2, -0.15) is 0 Å². The molecule has 2 aromatic carbocycles. The number of hydrogen-bond donors (Lipinski definition) is 1. The van der Waals surface area contributed by atoms with Crippen LogP contribution in [0.4, 0.5) is 5.69 Å². The fourth-order valence-electron chi connectivity index (χ4n) is 4.20. The third-order valence-electron chi connectivity index (χ3n) is 6.60. The van der Waals surface area contributed by atoms with Crippen molar-refractivity contribution in [2.45, 2.75) is 73.4 Å². The smallest absolute Gasteiger partial charge is 0.242 e. The van der Waals surface area contributed by atoms with Crippen LogP contribution in [0, 0.1) is 26.7 Å². The van der Waals surface area contributed by atoms with Gasteiger partial charge in [-0.05, 0) is 73.9 Å². The number of hydrogen-bond acceptors (Lipinski definition) is 4. The first-order chi connectivity index (χ1) is 17.3. The molecule has 0 aromatic heterocycles. The predicted molar refractivity (Wildman–Crippen MR) is 151 cm³/mol. The zero-order valence-electron chi connectivity index (χ0n) is 23.4. The molecule has 0 aliphatic rings. The highest BCUT2D eigenvalue weighted by Crippen LogP contribution is 2.23. The summed E-state index contributed by atoms with van der Waals surface area (Å²) in [5.74, 6) is -0.0243. The summed E-state index contributed by atoms with van der Waals surface area (Å²) in [7, 11) is -3.53. The Labute approximate surface area is 223 Å². The van der Waals surface area contributed by atoms with E-state index in [2.05, 4.69) is 5.32 Å². The van der Waals surface area contributed by atoms with Crippen molar-refractivity contribution in [2.75, 3.05) is 23.7 Å². The lowest BCUT2D eigenvalue weighted by Gasteiger charge is -2.31. The summed E-state index contributed by atoms with van der Waals surface area (Å²) in [6.07, 6.45) is 2.14.